The lowest BCUT2D eigenvalue weighted by atomic mass is 10.0. The first-order valence-electron chi connectivity index (χ1n) is 13.9. The maximum Gasteiger partial charge on any atom is 0.124 e. The third kappa shape index (κ3) is 6.09. The summed E-state index contributed by atoms with van der Waals surface area (Å²) >= 11 is 0. The van der Waals surface area contributed by atoms with Gasteiger partial charge < -0.3 is 10.3 Å². The highest BCUT2D eigenvalue weighted by Crippen LogP contribution is 2.35. The molecule has 0 bridgehead atoms. The van der Waals surface area contributed by atoms with Crippen LogP contribution in [0, 0.1) is 11.7 Å². The fourth-order valence-corrected chi connectivity index (χ4v) is 5.48. The molecule has 0 radical (unpaired) electrons. The number of halogens is 1. The monoisotopic (exact) mass is 591 g/mol. The van der Waals surface area contributed by atoms with Crippen molar-refractivity contribution >= 4 is 48.6 Å². The number of benzene rings is 2. The summed E-state index contributed by atoms with van der Waals surface area (Å²) in [6, 6.07) is 15.4. The SMILES string of the molecule is C=C(Nc1cncc(-c2ccc3[nH]nc(-c4cc5c(-c6cc(F)cc(CNS(=C)(=C)C)c6)cncc5[nH]4)c3c2)c1)C(C)C. The molecule has 2 aromatic carbocycles. The van der Waals surface area contributed by atoms with Gasteiger partial charge >= 0.3 is 0 Å². The minimum absolute atomic E-state index is 0.306. The van der Waals surface area contributed by atoms with E-state index in [1.807, 2.05) is 30.7 Å². The van der Waals surface area contributed by atoms with Crippen LogP contribution in [0.25, 0.3) is 55.4 Å². The van der Waals surface area contributed by atoms with E-state index in [1.165, 1.54) is 12.1 Å². The summed E-state index contributed by atoms with van der Waals surface area (Å²) < 4.78 is 18.0. The normalized spacial score (nSPS) is 11.9. The van der Waals surface area contributed by atoms with Gasteiger partial charge in [0.05, 0.1) is 34.8 Å². The van der Waals surface area contributed by atoms with Crippen LogP contribution in [0.5, 0.6) is 0 Å². The molecule has 4 aromatic heterocycles. The number of H-pyrrole nitrogens is 2. The molecule has 6 aromatic rings. The number of hydrogen-bond donors (Lipinski definition) is 4. The number of nitrogens with one attached hydrogen (secondary N) is 4. The second kappa shape index (κ2) is 11.2. The number of anilines is 1. The van der Waals surface area contributed by atoms with Crippen molar-refractivity contribution in [1.82, 2.24) is 29.9 Å². The molecule has 0 fully saturated rings. The van der Waals surface area contributed by atoms with Crippen LogP contribution in [0.2, 0.25) is 0 Å². The second-order valence-corrected chi connectivity index (χ2v) is 14.2. The first kappa shape index (κ1) is 28.4. The molecule has 0 saturated carbocycles. The third-order valence-electron chi connectivity index (χ3n) is 7.33. The van der Waals surface area contributed by atoms with E-state index in [0.717, 1.165) is 72.4 Å². The summed E-state index contributed by atoms with van der Waals surface area (Å²) in [4.78, 5) is 12.4. The molecule has 0 aliphatic carbocycles. The van der Waals surface area contributed by atoms with Crippen LogP contribution in [0.3, 0.4) is 0 Å². The minimum Gasteiger partial charge on any atom is -0.358 e. The number of fused-ring (bicyclic) bond motifs is 2. The average Bonchev–Trinajstić information content (AvgIpc) is 3.59. The first-order valence-corrected chi connectivity index (χ1v) is 16.3. The highest BCUT2D eigenvalue weighted by atomic mass is 32.2. The highest BCUT2D eigenvalue weighted by molar-refractivity contribution is 8.25. The molecule has 7 nitrogen and oxygen atoms in total. The van der Waals surface area contributed by atoms with Crippen molar-refractivity contribution < 1.29 is 4.39 Å². The van der Waals surface area contributed by atoms with E-state index in [2.05, 4.69) is 85.6 Å². The molecular formula is C34H34FN7S. The molecule has 43 heavy (non-hydrogen) atoms. The first-order chi connectivity index (χ1) is 20.5. The number of aromatic nitrogens is 5. The van der Waals surface area contributed by atoms with Gasteiger partial charge in [0.1, 0.15) is 11.5 Å². The molecule has 0 amide bonds. The Balaban J connectivity index is 1.38. The lowest BCUT2D eigenvalue weighted by Gasteiger charge is -2.13. The van der Waals surface area contributed by atoms with E-state index in [9.17, 15) is 4.39 Å². The standard InChI is InChI=1S/C34H34FN7S/c1-20(2)21(3)39-27-12-25(16-36-17-27)23-7-8-31-29(13-23)34(42-41-31)32-14-28-30(18-37-19-33(28)40-32)24-9-22(10-26(35)11-24)15-38-43(4,5)6/h7-14,16-20,38-40H,3-5,15H2,1-2,6H3,(H,41,42). The quantitative estimate of drug-likeness (QED) is 0.128. The fraction of sp³-hybridized carbons (Fsp3) is 0.147. The van der Waals surface area contributed by atoms with E-state index in [-0.39, 0.29) is 5.82 Å². The maximum absolute atomic E-state index is 14.7. The minimum atomic E-state index is -1.43. The summed E-state index contributed by atoms with van der Waals surface area (Å²) in [5.41, 5.74) is 9.60. The Morgan fingerprint density at radius 2 is 1.72 bits per heavy atom. The largest absolute Gasteiger partial charge is 0.358 e. The Hall–Kier alpha value is -4.73. The molecule has 0 atom stereocenters. The predicted molar refractivity (Wildman–Crippen MR) is 182 cm³/mol. The highest BCUT2D eigenvalue weighted by Gasteiger charge is 2.16. The molecule has 0 unspecified atom stereocenters. The van der Waals surface area contributed by atoms with Gasteiger partial charge in [-0.3, -0.25) is 19.8 Å². The van der Waals surface area contributed by atoms with Gasteiger partial charge in [0, 0.05) is 46.5 Å². The van der Waals surface area contributed by atoms with Gasteiger partial charge in [0.15, 0.2) is 0 Å². The van der Waals surface area contributed by atoms with Gasteiger partial charge in [-0.2, -0.15) is 14.5 Å². The van der Waals surface area contributed by atoms with Gasteiger partial charge in [-0.05, 0) is 71.3 Å². The maximum atomic E-state index is 14.7. The van der Waals surface area contributed by atoms with E-state index in [0.29, 0.717) is 12.5 Å². The summed E-state index contributed by atoms with van der Waals surface area (Å²) in [5.74, 6) is 8.12. The third-order valence-corrected chi connectivity index (χ3v) is 8.17. The molecule has 0 spiro atoms. The van der Waals surface area contributed by atoms with Crippen LogP contribution in [-0.4, -0.2) is 43.1 Å². The summed E-state index contributed by atoms with van der Waals surface area (Å²) in [5, 5.41) is 13.1. The van der Waals surface area contributed by atoms with Crippen molar-refractivity contribution in [1.29, 1.82) is 0 Å². The number of aromatic amines is 2. The smallest absolute Gasteiger partial charge is 0.124 e. The Kier molecular flexibility index (Phi) is 7.37. The zero-order valence-electron chi connectivity index (χ0n) is 24.5. The molecule has 9 heteroatoms. The molecule has 0 aliphatic rings. The van der Waals surface area contributed by atoms with Gasteiger partial charge in [0.25, 0.3) is 0 Å². The average molecular weight is 592 g/mol. The topological polar surface area (TPSA) is 94.3 Å². The van der Waals surface area contributed by atoms with Gasteiger partial charge in [0.2, 0.25) is 0 Å². The Bertz CT molecular complexity index is 2100. The Morgan fingerprint density at radius 1 is 0.907 bits per heavy atom. The number of hydrogen-bond acceptors (Lipinski definition) is 5. The Labute approximate surface area is 250 Å². The van der Waals surface area contributed by atoms with Crippen LogP contribution >= 0.6 is 9.39 Å². The zero-order chi connectivity index (χ0) is 30.3. The van der Waals surface area contributed by atoms with Crippen LogP contribution < -0.4 is 10.0 Å². The van der Waals surface area contributed by atoms with Crippen molar-refractivity contribution in [3.63, 3.8) is 0 Å². The molecule has 4 N–H and O–H groups in total. The van der Waals surface area contributed by atoms with Crippen LogP contribution in [0.4, 0.5) is 10.1 Å². The lowest BCUT2D eigenvalue weighted by molar-refractivity contribution is 0.625. The molecular weight excluding hydrogens is 557 g/mol. The number of allylic oxidation sites excluding steroid dienone is 1. The van der Waals surface area contributed by atoms with Gasteiger partial charge in [-0.1, -0.05) is 38.2 Å². The zero-order valence-corrected chi connectivity index (χ0v) is 25.3. The number of pyridine rings is 2. The van der Waals surface area contributed by atoms with Crippen LogP contribution in [0.1, 0.15) is 19.4 Å². The summed E-state index contributed by atoms with van der Waals surface area (Å²) in [7, 11) is -1.43. The number of rotatable bonds is 9. The van der Waals surface area contributed by atoms with Crippen LogP contribution in [-0.2, 0) is 6.54 Å². The summed E-state index contributed by atoms with van der Waals surface area (Å²) in [6.07, 6.45) is 9.15. The van der Waals surface area contributed by atoms with Gasteiger partial charge in [-0.15, -0.1) is 0 Å². The van der Waals surface area contributed by atoms with E-state index in [1.54, 1.807) is 18.6 Å². The van der Waals surface area contributed by atoms with Crippen molar-refractivity contribution in [2.45, 2.75) is 20.4 Å². The van der Waals surface area contributed by atoms with Crippen molar-refractivity contribution in [2.75, 3.05) is 11.6 Å². The van der Waals surface area contributed by atoms with Crippen molar-refractivity contribution in [3.05, 3.63) is 97.0 Å². The second-order valence-electron chi connectivity index (χ2n) is 11.4. The molecule has 6 rings (SSSR count). The molecule has 218 valence electrons. The van der Waals surface area contributed by atoms with E-state index < -0.39 is 9.39 Å². The molecule has 0 saturated heterocycles. The van der Waals surface area contributed by atoms with Crippen molar-refractivity contribution in [3.8, 4) is 33.6 Å². The lowest BCUT2D eigenvalue weighted by Crippen LogP contribution is -2.08. The fourth-order valence-electron chi connectivity index (χ4n) is 4.97. The number of nitrogens with zero attached hydrogens (tertiary/aromatic N) is 3. The Morgan fingerprint density at radius 3 is 2.51 bits per heavy atom. The molecule has 0 aliphatic heterocycles. The predicted octanol–water partition coefficient (Wildman–Crippen LogP) is 7.86. The summed E-state index contributed by atoms with van der Waals surface area (Å²) in [6.45, 7) is 8.79. The van der Waals surface area contributed by atoms with Crippen molar-refractivity contribution in [2.24, 2.45) is 5.92 Å². The van der Waals surface area contributed by atoms with Gasteiger partial charge in [-0.25, -0.2) is 4.39 Å². The van der Waals surface area contributed by atoms with Crippen LogP contribution in [0.15, 0.2) is 85.6 Å². The van der Waals surface area contributed by atoms with E-state index in [4.69, 9.17) is 0 Å². The molecule has 4 heterocycles. The van der Waals surface area contributed by atoms with E-state index >= 15 is 0 Å².